The number of nitriles is 1. The number of methoxy groups -OCH3 is 2. The number of hydrogen-bond donors (Lipinski definition) is 1. The molecule has 140 valence electrons. The van der Waals surface area contributed by atoms with Gasteiger partial charge < -0.3 is 24.6 Å². The summed E-state index contributed by atoms with van der Waals surface area (Å²) >= 11 is 0. The lowest BCUT2D eigenvalue weighted by Gasteiger charge is -2.36. The largest absolute Gasteiger partial charge is 0.493 e. The molecule has 0 unspecified atom stereocenters. The number of rotatable bonds is 4. The number of benzene rings is 2. The number of amides is 2. The molecule has 0 radical (unpaired) electrons. The molecule has 0 spiro atoms. The molecule has 1 heterocycles. The number of urea groups is 1. The van der Waals surface area contributed by atoms with Gasteiger partial charge in [0.2, 0.25) is 0 Å². The third-order valence-electron chi connectivity index (χ3n) is 4.56. The molecule has 0 aromatic heterocycles. The van der Waals surface area contributed by atoms with E-state index in [2.05, 4.69) is 16.3 Å². The number of hydrogen-bond acceptors (Lipinski definition) is 5. The van der Waals surface area contributed by atoms with Crippen molar-refractivity contribution in [2.75, 3.05) is 50.6 Å². The van der Waals surface area contributed by atoms with Crippen LogP contribution in [0.15, 0.2) is 42.5 Å². The zero-order chi connectivity index (χ0) is 19.2. The third kappa shape index (κ3) is 4.23. The van der Waals surface area contributed by atoms with Gasteiger partial charge >= 0.3 is 6.03 Å². The van der Waals surface area contributed by atoms with Gasteiger partial charge in [-0.05, 0) is 36.4 Å². The summed E-state index contributed by atoms with van der Waals surface area (Å²) in [4.78, 5) is 16.4. The lowest BCUT2D eigenvalue weighted by molar-refractivity contribution is 0.208. The van der Waals surface area contributed by atoms with Gasteiger partial charge in [-0.15, -0.1) is 0 Å². The van der Waals surface area contributed by atoms with Crippen LogP contribution in [0.2, 0.25) is 0 Å². The van der Waals surface area contributed by atoms with Gasteiger partial charge in [-0.25, -0.2) is 4.79 Å². The molecule has 2 amide bonds. The zero-order valence-corrected chi connectivity index (χ0v) is 15.4. The molecule has 27 heavy (non-hydrogen) atoms. The Labute approximate surface area is 158 Å². The minimum atomic E-state index is -0.133. The van der Waals surface area contributed by atoms with E-state index < -0.39 is 0 Å². The van der Waals surface area contributed by atoms with Crippen LogP contribution in [0.1, 0.15) is 5.56 Å². The molecular weight excluding hydrogens is 344 g/mol. The molecule has 1 N–H and O–H groups in total. The molecule has 1 aliphatic rings. The zero-order valence-electron chi connectivity index (χ0n) is 15.4. The van der Waals surface area contributed by atoms with E-state index in [0.29, 0.717) is 35.8 Å². The van der Waals surface area contributed by atoms with E-state index in [4.69, 9.17) is 14.7 Å². The average molecular weight is 366 g/mol. The number of ether oxygens (including phenoxy) is 2. The Morgan fingerprint density at radius 2 is 1.67 bits per heavy atom. The van der Waals surface area contributed by atoms with Crippen molar-refractivity contribution in [1.29, 1.82) is 5.26 Å². The van der Waals surface area contributed by atoms with Crippen molar-refractivity contribution in [2.45, 2.75) is 0 Å². The van der Waals surface area contributed by atoms with E-state index in [1.807, 2.05) is 18.2 Å². The molecule has 7 nitrogen and oxygen atoms in total. The van der Waals surface area contributed by atoms with Crippen LogP contribution < -0.4 is 19.7 Å². The minimum Gasteiger partial charge on any atom is -0.493 e. The van der Waals surface area contributed by atoms with Crippen LogP contribution in [-0.4, -0.2) is 51.3 Å². The second-order valence-corrected chi connectivity index (χ2v) is 6.13. The molecule has 0 atom stereocenters. The maximum Gasteiger partial charge on any atom is 0.321 e. The van der Waals surface area contributed by atoms with Crippen molar-refractivity contribution in [3.05, 3.63) is 48.0 Å². The molecule has 2 aromatic rings. The Bertz CT molecular complexity index is 837. The number of carbonyl (C=O) groups is 1. The van der Waals surface area contributed by atoms with E-state index in [1.165, 1.54) is 0 Å². The van der Waals surface area contributed by atoms with Crippen molar-refractivity contribution in [3.8, 4) is 17.6 Å². The molecule has 3 rings (SSSR count). The summed E-state index contributed by atoms with van der Waals surface area (Å²) in [6, 6.07) is 14.6. The van der Waals surface area contributed by atoms with Crippen LogP contribution in [0.4, 0.5) is 16.2 Å². The first-order valence-electron chi connectivity index (χ1n) is 8.67. The van der Waals surface area contributed by atoms with Gasteiger partial charge in [0.05, 0.1) is 25.9 Å². The third-order valence-corrected chi connectivity index (χ3v) is 4.56. The Morgan fingerprint density at radius 3 is 2.26 bits per heavy atom. The van der Waals surface area contributed by atoms with Crippen LogP contribution in [-0.2, 0) is 0 Å². The van der Waals surface area contributed by atoms with Gasteiger partial charge in [0.15, 0.2) is 11.5 Å². The molecule has 0 aliphatic carbocycles. The smallest absolute Gasteiger partial charge is 0.321 e. The minimum absolute atomic E-state index is 0.133. The van der Waals surface area contributed by atoms with Gasteiger partial charge in [0.1, 0.15) is 0 Å². The van der Waals surface area contributed by atoms with Gasteiger partial charge in [-0.2, -0.15) is 5.26 Å². The highest BCUT2D eigenvalue weighted by molar-refractivity contribution is 5.89. The molecule has 1 fully saturated rings. The summed E-state index contributed by atoms with van der Waals surface area (Å²) < 4.78 is 10.6. The van der Waals surface area contributed by atoms with E-state index >= 15 is 0 Å². The number of carbonyl (C=O) groups excluding carboxylic acids is 1. The van der Waals surface area contributed by atoms with Crippen LogP contribution in [0, 0.1) is 11.3 Å². The second kappa shape index (κ2) is 8.32. The Hall–Kier alpha value is -3.40. The van der Waals surface area contributed by atoms with Crippen LogP contribution in [0.3, 0.4) is 0 Å². The fourth-order valence-electron chi connectivity index (χ4n) is 3.02. The summed E-state index contributed by atoms with van der Waals surface area (Å²) in [6.07, 6.45) is 0. The van der Waals surface area contributed by atoms with Gasteiger partial charge in [-0.3, -0.25) is 0 Å². The molecule has 0 bridgehead atoms. The number of nitrogens with zero attached hydrogens (tertiary/aromatic N) is 3. The highest BCUT2D eigenvalue weighted by Gasteiger charge is 2.22. The van der Waals surface area contributed by atoms with Crippen molar-refractivity contribution in [2.24, 2.45) is 0 Å². The van der Waals surface area contributed by atoms with Crippen molar-refractivity contribution in [1.82, 2.24) is 4.90 Å². The molecular formula is C20H22N4O3. The maximum atomic E-state index is 12.4. The fourth-order valence-corrected chi connectivity index (χ4v) is 3.02. The Morgan fingerprint density at radius 1 is 1.00 bits per heavy atom. The quantitative estimate of drug-likeness (QED) is 0.900. The van der Waals surface area contributed by atoms with E-state index in [1.54, 1.807) is 43.4 Å². The summed E-state index contributed by atoms with van der Waals surface area (Å²) in [5.74, 6) is 1.39. The first-order chi connectivity index (χ1) is 13.1. The summed E-state index contributed by atoms with van der Waals surface area (Å²) in [6.45, 7) is 2.71. The standard InChI is InChI=1S/C20H22N4O3/c1-26-18-8-7-17(13-19(18)27-2)23-9-11-24(12-10-23)20(25)22-16-5-3-15(14-21)4-6-16/h3-8,13H,9-12H2,1-2H3,(H,22,25). The summed E-state index contributed by atoms with van der Waals surface area (Å²) in [5.41, 5.74) is 2.29. The summed E-state index contributed by atoms with van der Waals surface area (Å²) in [5, 5.41) is 11.7. The van der Waals surface area contributed by atoms with Gasteiger partial charge in [0.25, 0.3) is 0 Å². The molecule has 1 saturated heterocycles. The maximum absolute atomic E-state index is 12.4. The SMILES string of the molecule is COc1ccc(N2CCN(C(=O)Nc3ccc(C#N)cc3)CC2)cc1OC. The molecule has 1 aliphatic heterocycles. The normalized spacial score (nSPS) is 13.7. The van der Waals surface area contributed by atoms with Crippen molar-refractivity contribution >= 4 is 17.4 Å². The number of anilines is 2. The molecule has 2 aromatic carbocycles. The number of piperazine rings is 1. The van der Waals surface area contributed by atoms with Crippen molar-refractivity contribution in [3.63, 3.8) is 0 Å². The van der Waals surface area contributed by atoms with Crippen LogP contribution in [0.5, 0.6) is 11.5 Å². The number of nitrogens with one attached hydrogen (secondary N) is 1. The second-order valence-electron chi connectivity index (χ2n) is 6.13. The molecule has 7 heteroatoms. The Kier molecular flexibility index (Phi) is 5.67. The van der Waals surface area contributed by atoms with E-state index in [-0.39, 0.29) is 6.03 Å². The summed E-state index contributed by atoms with van der Waals surface area (Å²) in [7, 11) is 3.23. The lowest BCUT2D eigenvalue weighted by Crippen LogP contribution is -2.50. The lowest BCUT2D eigenvalue weighted by atomic mass is 10.2. The Balaban J connectivity index is 1.58. The van der Waals surface area contributed by atoms with Gasteiger partial charge in [0, 0.05) is 43.6 Å². The first-order valence-corrected chi connectivity index (χ1v) is 8.67. The van der Waals surface area contributed by atoms with Crippen LogP contribution >= 0.6 is 0 Å². The van der Waals surface area contributed by atoms with Crippen LogP contribution in [0.25, 0.3) is 0 Å². The monoisotopic (exact) mass is 366 g/mol. The highest BCUT2D eigenvalue weighted by Crippen LogP contribution is 2.31. The first kappa shape index (κ1) is 18.4. The molecule has 0 saturated carbocycles. The van der Waals surface area contributed by atoms with Gasteiger partial charge in [-0.1, -0.05) is 0 Å². The van der Waals surface area contributed by atoms with Crippen molar-refractivity contribution < 1.29 is 14.3 Å². The predicted octanol–water partition coefficient (Wildman–Crippen LogP) is 2.93. The highest BCUT2D eigenvalue weighted by atomic mass is 16.5. The van der Waals surface area contributed by atoms with E-state index in [9.17, 15) is 4.79 Å². The average Bonchev–Trinajstić information content (AvgIpc) is 2.73. The predicted molar refractivity (Wildman–Crippen MR) is 104 cm³/mol. The van der Waals surface area contributed by atoms with E-state index in [0.717, 1.165) is 18.8 Å². The fraction of sp³-hybridized carbons (Fsp3) is 0.300. The topological polar surface area (TPSA) is 77.8 Å².